The number of likely N-dealkylation sites (tertiary alicyclic amines) is 1. The van der Waals surface area contributed by atoms with Crippen LogP contribution in [0.5, 0.6) is 0 Å². The van der Waals surface area contributed by atoms with E-state index in [-0.39, 0.29) is 0 Å². The molecule has 1 aromatic carbocycles. The molecule has 0 saturated carbocycles. The van der Waals surface area contributed by atoms with E-state index in [1.165, 1.54) is 25.5 Å². The molecule has 0 unspecified atom stereocenters. The summed E-state index contributed by atoms with van der Waals surface area (Å²) in [5.74, 6) is 0. The maximum atomic E-state index is 11.7. The summed E-state index contributed by atoms with van der Waals surface area (Å²) in [5, 5.41) is 1.32. The highest BCUT2D eigenvalue weighted by Crippen LogP contribution is 2.25. The monoisotopic (exact) mass is 338 g/mol. The minimum absolute atomic E-state index is 0.313. The van der Waals surface area contributed by atoms with Gasteiger partial charge in [0.2, 0.25) is 0 Å². The van der Waals surface area contributed by atoms with Crippen molar-refractivity contribution in [2.45, 2.75) is 30.7 Å². The minimum Gasteiger partial charge on any atom is -0.299 e. The topological polar surface area (TPSA) is 50.3 Å². The van der Waals surface area contributed by atoms with Crippen LogP contribution >= 0.6 is 11.6 Å². The number of pyridine rings is 1. The number of aromatic nitrogens is 1. The molecule has 0 N–H and O–H groups in total. The molecule has 0 atom stereocenters. The van der Waals surface area contributed by atoms with Crippen LogP contribution in [-0.4, -0.2) is 37.6 Å². The highest BCUT2D eigenvalue weighted by atomic mass is 35.5. The van der Waals surface area contributed by atoms with Gasteiger partial charge in [-0.2, -0.15) is 0 Å². The first kappa shape index (κ1) is 15.7. The zero-order chi connectivity index (χ0) is 15.7. The molecule has 0 spiro atoms. The third kappa shape index (κ3) is 3.42. The number of hydrogen-bond donors (Lipinski definition) is 0. The van der Waals surface area contributed by atoms with Crippen LogP contribution in [0.1, 0.15) is 24.8 Å². The smallest absolute Gasteiger partial charge is 0.175 e. The molecule has 22 heavy (non-hydrogen) atoms. The van der Waals surface area contributed by atoms with Crippen LogP contribution in [0.3, 0.4) is 0 Å². The average Bonchev–Trinajstić information content (AvgIpc) is 2.47. The minimum atomic E-state index is -3.22. The van der Waals surface area contributed by atoms with E-state index in [1.807, 2.05) is 6.07 Å². The van der Waals surface area contributed by atoms with Crippen molar-refractivity contribution in [2.75, 3.05) is 19.3 Å². The van der Waals surface area contributed by atoms with Crippen LogP contribution in [0.15, 0.2) is 29.2 Å². The fourth-order valence-electron chi connectivity index (χ4n) is 2.87. The summed E-state index contributed by atoms with van der Waals surface area (Å²) in [5.41, 5.74) is 1.68. The highest BCUT2D eigenvalue weighted by Gasteiger charge is 2.14. The van der Waals surface area contributed by atoms with E-state index in [9.17, 15) is 8.42 Å². The number of piperidine rings is 1. The molecular weight excluding hydrogens is 320 g/mol. The van der Waals surface area contributed by atoms with Crippen molar-refractivity contribution in [3.05, 3.63) is 35.0 Å². The fourth-order valence-corrected chi connectivity index (χ4v) is 3.74. The molecule has 0 aliphatic carbocycles. The average molecular weight is 339 g/mol. The standard InChI is InChI=1S/C16H19ClN2O2S/c1-22(20,21)14-5-6-15-12(10-14)9-13(16(17)18-15)11-19-7-3-2-4-8-19/h5-6,9-10H,2-4,7-8,11H2,1H3. The third-order valence-corrected chi connectivity index (χ3v) is 5.52. The van der Waals surface area contributed by atoms with E-state index >= 15 is 0 Å². The molecule has 118 valence electrons. The van der Waals surface area contributed by atoms with Gasteiger partial charge < -0.3 is 0 Å². The van der Waals surface area contributed by atoms with Gasteiger partial charge in [0.1, 0.15) is 5.15 Å². The maximum absolute atomic E-state index is 11.7. The van der Waals surface area contributed by atoms with Gasteiger partial charge in [0.25, 0.3) is 0 Å². The van der Waals surface area contributed by atoms with Crippen molar-refractivity contribution in [3.8, 4) is 0 Å². The van der Waals surface area contributed by atoms with Crippen molar-refractivity contribution < 1.29 is 8.42 Å². The Morgan fingerprint density at radius 1 is 1.18 bits per heavy atom. The van der Waals surface area contributed by atoms with Gasteiger partial charge in [-0.05, 0) is 50.2 Å². The molecule has 0 radical (unpaired) electrons. The number of hydrogen-bond acceptors (Lipinski definition) is 4. The quantitative estimate of drug-likeness (QED) is 0.806. The lowest BCUT2D eigenvalue weighted by Gasteiger charge is -2.26. The summed E-state index contributed by atoms with van der Waals surface area (Å²) in [6.45, 7) is 2.93. The first-order valence-electron chi connectivity index (χ1n) is 7.45. The maximum Gasteiger partial charge on any atom is 0.175 e. The third-order valence-electron chi connectivity index (χ3n) is 4.08. The van der Waals surface area contributed by atoms with E-state index in [0.29, 0.717) is 10.0 Å². The molecule has 4 nitrogen and oxygen atoms in total. The van der Waals surface area contributed by atoms with E-state index in [4.69, 9.17) is 11.6 Å². The number of nitrogens with zero attached hydrogens (tertiary/aromatic N) is 2. The van der Waals surface area contributed by atoms with Crippen molar-refractivity contribution >= 4 is 32.3 Å². The highest BCUT2D eigenvalue weighted by molar-refractivity contribution is 7.90. The Hall–Kier alpha value is -1.17. The molecule has 3 rings (SSSR count). The second-order valence-corrected chi connectivity index (χ2v) is 8.28. The molecule has 1 aliphatic rings. The number of fused-ring (bicyclic) bond motifs is 1. The normalized spacial score (nSPS) is 17.0. The van der Waals surface area contributed by atoms with Crippen molar-refractivity contribution in [2.24, 2.45) is 0 Å². The molecule has 1 fully saturated rings. The summed E-state index contributed by atoms with van der Waals surface area (Å²) in [6, 6.07) is 6.93. The van der Waals surface area contributed by atoms with Gasteiger partial charge in [0.05, 0.1) is 10.4 Å². The molecular formula is C16H19ClN2O2S. The van der Waals surface area contributed by atoms with Crippen LogP contribution in [0.25, 0.3) is 10.9 Å². The molecule has 1 saturated heterocycles. The van der Waals surface area contributed by atoms with Gasteiger partial charge in [-0.3, -0.25) is 4.90 Å². The Kier molecular flexibility index (Phi) is 4.39. The Morgan fingerprint density at radius 3 is 2.59 bits per heavy atom. The zero-order valence-corrected chi connectivity index (χ0v) is 14.1. The molecule has 0 bridgehead atoms. The first-order chi connectivity index (χ1) is 10.4. The Bertz CT molecular complexity index is 799. The Morgan fingerprint density at radius 2 is 1.91 bits per heavy atom. The zero-order valence-electron chi connectivity index (χ0n) is 12.5. The molecule has 2 heterocycles. The van der Waals surface area contributed by atoms with E-state index in [2.05, 4.69) is 9.88 Å². The number of rotatable bonds is 3. The van der Waals surface area contributed by atoms with Crippen LogP contribution in [-0.2, 0) is 16.4 Å². The Labute approximate surface area is 136 Å². The molecule has 1 aromatic heterocycles. The lowest BCUT2D eigenvalue weighted by molar-refractivity contribution is 0.221. The summed E-state index contributed by atoms with van der Waals surface area (Å²) < 4.78 is 23.4. The molecule has 6 heteroatoms. The second-order valence-electron chi connectivity index (χ2n) is 5.90. The molecule has 0 amide bonds. The van der Waals surface area contributed by atoms with Gasteiger partial charge in [0, 0.05) is 23.8 Å². The van der Waals surface area contributed by atoms with Crippen molar-refractivity contribution in [3.63, 3.8) is 0 Å². The number of halogens is 1. The van der Waals surface area contributed by atoms with Gasteiger partial charge in [-0.15, -0.1) is 0 Å². The van der Waals surface area contributed by atoms with E-state index in [0.717, 1.165) is 36.1 Å². The van der Waals surface area contributed by atoms with Gasteiger partial charge in [-0.1, -0.05) is 18.0 Å². The fraction of sp³-hybridized carbons (Fsp3) is 0.438. The van der Waals surface area contributed by atoms with Crippen LogP contribution < -0.4 is 0 Å². The lowest BCUT2D eigenvalue weighted by atomic mass is 10.1. The van der Waals surface area contributed by atoms with E-state index < -0.39 is 9.84 Å². The summed E-state index contributed by atoms with van der Waals surface area (Å²) in [6.07, 6.45) is 4.94. The van der Waals surface area contributed by atoms with Crippen molar-refractivity contribution in [1.29, 1.82) is 0 Å². The summed E-state index contributed by atoms with van der Waals surface area (Å²) >= 11 is 6.30. The van der Waals surface area contributed by atoms with Gasteiger partial charge >= 0.3 is 0 Å². The number of benzene rings is 1. The molecule has 2 aromatic rings. The molecule has 1 aliphatic heterocycles. The van der Waals surface area contributed by atoms with Gasteiger partial charge in [-0.25, -0.2) is 13.4 Å². The van der Waals surface area contributed by atoms with Crippen LogP contribution in [0.2, 0.25) is 5.15 Å². The van der Waals surface area contributed by atoms with Crippen LogP contribution in [0, 0.1) is 0 Å². The SMILES string of the molecule is CS(=O)(=O)c1ccc2nc(Cl)c(CN3CCCCC3)cc2c1. The predicted octanol–water partition coefficient (Wildman–Crippen LogP) is 3.28. The van der Waals surface area contributed by atoms with Crippen LogP contribution in [0.4, 0.5) is 0 Å². The van der Waals surface area contributed by atoms with Crippen molar-refractivity contribution in [1.82, 2.24) is 9.88 Å². The Balaban J connectivity index is 1.97. The largest absolute Gasteiger partial charge is 0.299 e. The summed E-state index contributed by atoms with van der Waals surface area (Å²) in [4.78, 5) is 7.09. The second kappa shape index (κ2) is 6.14. The van der Waals surface area contributed by atoms with E-state index in [1.54, 1.807) is 18.2 Å². The first-order valence-corrected chi connectivity index (χ1v) is 9.72. The van der Waals surface area contributed by atoms with Gasteiger partial charge in [0.15, 0.2) is 9.84 Å². The lowest BCUT2D eigenvalue weighted by Crippen LogP contribution is -2.29. The number of sulfone groups is 1. The summed E-state index contributed by atoms with van der Waals surface area (Å²) in [7, 11) is -3.22. The predicted molar refractivity (Wildman–Crippen MR) is 89.0 cm³/mol.